The fourth-order valence-corrected chi connectivity index (χ4v) is 10.3. The first kappa shape index (κ1) is 68.1. The molecule has 33 nitrogen and oxygen atoms in total. The molecule has 5 rings (SSSR count). The van der Waals surface area contributed by atoms with Crippen LogP contribution >= 0.6 is 16.3 Å². The number of nitrogens with zero attached hydrogens (tertiary/aromatic N) is 3. The standard InChI is InChI=1S/C49H70N10O23P2/c1-26(63)40(56-45(70)39-7-4-18-59(39)49(74)37(25-82-84(78,79)80)54-41(66)32(50)19-27-8-12-30(64)13-9-27)46(71)53-35(23-62)47(72)58-17-3-6-38(58)44(69)52-34(22-61)43(68)51-33(20-28-10-14-31(65)15-11-28)42(67)55-36(24-81-83(75,76)77)48(73)57-16-2-5-29(57)21-60/h8-15,21,26,29,32-40,61-63,75-80H,2-7,16-20,22-25,50H2,1H3,(H6-2,51,52,53,54,55,56,64,65,66,67,68,69,70,71)/p+2/t26-,29+,32+,33+,34+,35+,36+,37+,38+,39+,40+/m1/s1. The van der Waals surface area contributed by atoms with Gasteiger partial charge in [0, 0.05) is 26.1 Å². The number of aliphatic hydroxyl groups excluding tert-OH is 3. The molecule has 0 bridgehead atoms. The predicted molar refractivity (Wildman–Crippen MR) is 288 cm³/mol. The molecule has 35 heteroatoms. The number of phenols is 2. The average molecular weight is 1230 g/mol. The highest BCUT2D eigenvalue weighted by Crippen LogP contribution is 2.46. The van der Waals surface area contributed by atoms with Crippen LogP contribution in [0.4, 0.5) is 0 Å². The predicted octanol–water partition coefficient (Wildman–Crippen LogP) is -7.00. The van der Waals surface area contributed by atoms with Crippen LogP contribution in [0.2, 0.25) is 0 Å². The molecule has 11 atom stereocenters. The molecule has 3 aliphatic rings. The van der Waals surface area contributed by atoms with Crippen LogP contribution < -0.4 is 37.6 Å². The number of hydrogen-bond acceptors (Lipinski definition) is 24. The number of aldehydes is 1. The van der Waals surface area contributed by atoms with Gasteiger partial charge in [0.1, 0.15) is 79.3 Å². The van der Waals surface area contributed by atoms with Crippen molar-refractivity contribution in [3.8, 4) is 11.5 Å². The van der Waals surface area contributed by atoms with E-state index < -0.39 is 162 Å². The second-order valence-corrected chi connectivity index (χ2v) is 22.7. The smallest absolute Gasteiger partial charge is 0.508 e. The number of carbonyl (C=O) groups is 10. The summed E-state index contributed by atoms with van der Waals surface area (Å²) in [5.41, 5.74) is 6.91. The first-order valence-corrected chi connectivity index (χ1v) is 29.5. The molecule has 84 heavy (non-hydrogen) atoms. The Kier molecular flexibility index (Phi) is 25.1. The molecule has 0 aromatic heterocycles. The summed E-state index contributed by atoms with van der Waals surface area (Å²) in [5, 5.41) is 64.8. The Morgan fingerprint density at radius 1 is 0.560 bits per heavy atom. The van der Waals surface area contributed by atoms with Crippen molar-refractivity contribution in [1.82, 2.24) is 46.6 Å². The number of amides is 9. The van der Waals surface area contributed by atoms with Gasteiger partial charge >= 0.3 is 16.3 Å². The van der Waals surface area contributed by atoms with Crippen LogP contribution in [0.25, 0.3) is 0 Å². The van der Waals surface area contributed by atoms with E-state index in [0.717, 1.165) is 21.6 Å². The minimum absolute atomic E-state index is 0.0388. The number of phenolic OH excluding ortho intramolecular Hbond substituents is 2. The lowest BCUT2D eigenvalue weighted by Gasteiger charge is -2.31. The SMILES string of the molecule is C[C@@H](O)[C@H](NC(=O)[C@@H]1CCCN1C(=O)[C@H](CO[P+](O)(O)O)NC(=O)[C@@H](N)Cc1ccc(O)cc1)C(=O)N[C@@H](CO)C(=O)N1CCC[C@H]1C(=O)N[C@@H](CO)C(=O)N[C@@H](Cc1ccc(O)cc1)C(=O)N[C@@H](CO[P+](O)(O)O)C(=O)N1CCC[C@H]1C=O. The van der Waals surface area contributed by atoms with E-state index in [1.807, 2.05) is 0 Å². The summed E-state index contributed by atoms with van der Waals surface area (Å²) in [5.74, 6) is -9.73. The lowest BCUT2D eigenvalue weighted by atomic mass is 10.0. The first-order valence-electron chi connectivity index (χ1n) is 26.4. The molecule has 3 heterocycles. The van der Waals surface area contributed by atoms with Crippen LogP contribution in [-0.4, -0.2) is 242 Å². The van der Waals surface area contributed by atoms with E-state index in [0.29, 0.717) is 23.8 Å². The number of aliphatic hydroxyl groups is 3. The van der Waals surface area contributed by atoms with Gasteiger partial charge in [-0.2, -0.15) is 38.4 Å². The van der Waals surface area contributed by atoms with Crippen molar-refractivity contribution in [2.45, 2.75) is 125 Å². The minimum Gasteiger partial charge on any atom is -0.508 e. The van der Waals surface area contributed by atoms with Gasteiger partial charge in [0.15, 0.2) is 0 Å². The van der Waals surface area contributed by atoms with Gasteiger partial charge in [-0.15, -0.1) is 0 Å². The monoisotopic (exact) mass is 1230 g/mol. The Hall–Kier alpha value is -6.68. The fraction of sp³-hybridized carbons (Fsp3) is 0.551. The molecule has 0 saturated carbocycles. The molecule has 19 N–H and O–H groups in total. The lowest BCUT2D eigenvalue weighted by molar-refractivity contribution is -0.145. The summed E-state index contributed by atoms with van der Waals surface area (Å²) in [6.45, 7) is -3.35. The first-order chi connectivity index (χ1) is 39.5. The molecule has 2 aromatic carbocycles. The van der Waals surface area contributed by atoms with E-state index in [9.17, 15) is 103 Å². The Morgan fingerprint density at radius 2 is 0.964 bits per heavy atom. The Labute approximate surface area is 480 Å². The van der Waals surface area contributed by atoms with Crippen molar-refractivity contribution in [1.29, 1.82) is 0 Å². The van der Waals surface area contributed by atoms with Crippen LogP contribution in [0, 0.1) is 0 Å². The maximum atomic E-state index is 14.0. The van der Waals surface area contributed by atoms with Gasteiger partial charge in [-0.3, -0.25) is 43.2 Å². The molecular formula is C49H72N10O23P2+2. The number of hydrogen-bond donors (Lipinski definition) is 18. The summed E-state index contributed by atoms with van der Waals surface area (Å²) in [6, 6.07) is -4.84. The van der Waals surface area contributed by atoms with Crippen LogP contribution in [-0.2, 0) is 69.8 Å². The van der Waals surface area contributed by atoms with E-state index in [2.05, 4.69) is 40.9 Å². The number of nitrogens with one attached hydrogen (secondary N) is 6. The zero-order valence-corrected chi connectivity index (χ0v) is 47.1. The normalized spacial score (nSPS) is 20.0. The number of carbonyl (C=O) groups excluding carboxylic acids is 10. The van der Waals surface area contributed by atoms with Crippen molar-refractivity contribution in [3.63, 3.8) is 0 Å². The molecule has 2 aromatic rings. The molecule has 0 spiro atoms. The molecule has 9 amide bonds. The molecule has 3 aliphatic heterocycles. The van der Waals surface area contributed by atoms with Crippen molar-refractivity contribution in [2.24, 2.45) is 5.73 Å². The van der Waals surface area contributed by atoms with Crippen molar-refractivity contribution < 1.29 is 112 Å². The minimum atomic E-state index is -4.99. The van der Waals surface area contributed by atoms with Gasteiger partial charge in [-0.1, -0.05) is 24.3 Å². The Morgan fingerprint density at radius 3 is 1.44 bits per heavy atom. The highest BCUT2D eigenvalue weighted by molar-refractivity contribution is 7.53. The zero-order valence-electron chi connectivity index (χ0n) is 45.3. The number of benzene rings is 2. The third-order valence-corrected chi connectivity index (χ3v) is 14.9. The maximum absolute atomic E-state index is 14.0. The van der Waals surface area contributed by atoms with Crippen LogP contribution in [0.3, 0.4) is 0 Å². The van der Waals surface area contributed by atoms with Gasteiger partial charge < -0.3 is 82.7 Å². The van der Waals surface area contributed by atoms with Crippen LogP contribution in [0.1, 0.15) is 56.6 Å². The van der Waals surface area contributed by atoms with Gasteiger partial charge in [0.2, 0.25) is 53.2 Å². The average Bonchev–Trinajstić information content (AvgIpc) is 3.85. The lowest BCUT2D eigenvalue weighted by Crippen LogP contribution is -2.62. The Bertz CT molecular complexity index is 2650. The number of likely N-dealkylation sites (tertiary alicyclic amines) is 3. The van der Waals surface area contributed by atoms with Crippen LogP contribution in [0.15, 0.2) is 48.5 Å². The quantitative estimate of drug-likeness (QED) is 0.0266. The van der Waals surface area contributed by atoms with Gasteiger partial charge in [-0.25, -0.2) is 0 Å². The highest BCUT2D eigenvalue weighted by atomic mass is 31.2. The van der Waals surface area contributed by atoms with Gasteiger partial charge in [-0.05, 0) is 87.3 Å². The maximum Gasteiger partial charge on any atom is 0.567 e. The summed E-state index contributed by atoms with van der Waals surface area (Å²) >= 11 is 0. The van der Waals surface area contributed by atoms with Crippen molar-refractivity contribution in [2.75, 3.05) is 46.1 Å². The number of nitrogens with two attached hydrogens (primary N) is 1. The highest BCUT2D eigenvalue weighted by Gasteiger charge is 2.45. The molecule has 0 unspecified atom stereocenters. The third kappa shape index (κ3) is 19.7. The molecule has 0 radical (unpaired) electrons. The van der Waals surface area contributed by atoms with E-state index in [-0.39, 0.29) is 76.1 Å². The van der Waals surface area contributed by atoms with E-state index >= 15 is 0 Å². The van der Waals surface area contributed by atoms with E-state index in [1.165, 1.54) is 48.5 Å². The van der Waals surface area contributed by atoms with Crippen molar-refractivity contribution in [3.05, 3.63) is 59.7 Å². The third-order valence-electron chi connectivity index (χ3n) is 13.9. The molecular weight excluding hydrogens is 1160 g/mol. The van der Waals surface area contributed by atoms with Crippen LogP contribution in [0.5, 0.6) is 11.5 Å². The summed E-state index contributed by atoms with van der Waals surface area (Å²) < 4.78 is 9.31. The van der Waals surface area contributed by atoms with Gasteiger partial charge in [0.05, 0.1) is 31.4 Å². The second kappa shape index (κ2) is 30.9. The number of aromatic hydroxyl groups is 2. The fourth-order valence-electron chi connectivity index (χ4n) is 9.56. The summed E-state index contributed by atoms with van der Waals surface area (Å²) in [7, 11) is -9.98. The Balaban J connectivity index is 1.24. The van der Waals surface area contributed by atoms with E-state index in [1.54, 1.807) is 0 Å². The molecule has 0 aliphatic carbocycles. The molecule has 3 saturated heterocycles. The second-order valence-electron chi connectivity index (χ2n) is 20.1. The van der Waals surface area contributed by atoms with E-state index in [4.69, 9.17) is 5.73 Å². The van der Waals surface area contributed by atoms with Gasteiger partial charge in [0.25, 0.3) is 0 Å². The largest absolute Gasteiger partial charge is 0.567 e. The topological polar surface area (TPSA) is 520 Å². The summed E-state index contributed by atoms with van der Waals surface area (Å²) in [6.07, 6.45) is -0.740. The van der Waals surface area contributed by atoms with Crippen molar-refractivity contribution >= 4 is 75.8 Å². The number of rotatable bonds is 29. The summed E-state index contributed by atoms with van der Waals surface area (Å²) in [4.78, 5) is 196. The zero-order chi connectivity index (χ0) is 62.2. The molecule has 3 fully saturated rings. The molecule has 464 valence electrons.